The van der Waals surface area contributed by atoms with Gasteiger partial charge in [-0.2, -0.15) is 0 Å². The summed E-state index contributed by atoms with van der Waals surface area (Å²) in [6, 6.07) is 2.06. The maximum absolute atomic E-state index is 12.0. The molecule has 0 aromatic heterocycles. The Kier molecular flexibility index (Phi) is 6.18. The van der Waals surface area contributed by atoms with Crippen molar-refractivity contribution in [1.82, 2.24) is 5.32 Å². The first kappa shape index (κ1) is 17.8. The van der Waals surface area contributed by atoms with E-state index in [2.05, 4.69) is 5.32 Å². The number of aromatic hydroxyl groups is 2. The van der Waals surface area contributed by atoms with E-state index in [1.165, 1.54) is 18.2 Å². The van der Waals surface area contributed by atoms with Crippen LogP contribution in [0.3, 0.4) is 0 Å². The van der Waals surface area contributed by atoms with Crippen LogP contribution in [0.2, 0.25) is 0 Å². The molecule has 6 N–H and O–H groups in total. The zero-order chi connectivity index (χ0) is 16.9. The second-order valence-corrected chi connectivity index (χ2v) is 5.34. The SMILES string of the molecule is CC[C@H](C)[C@H](N)C(=O)N[C@@H](Cc1ccc(O)c(O)c1)C(=O)O. The second kappa shape index (κ2) is 7.65. The number of aliphatic carboxylic acids is 1. The molecule has 0 bridgehead atoms. The van der Waals surface area contributed by atoms with Crippen LogP contribution in [0.4, 0.5) is 0 Å². The lowest BCUT2D eigenvalue weighted by molar-refractivity contribution is -0.142. The molecule has 1 aromatic rings. The van der Waals surface area contributed by atoms with Crippen LogP contribution < -0.4 is 11.1 Å². The minimum Gasteiger partial charge on any atom is -0.504 e. The number of amides is 1. The number of phenols is 2. The van der Waals surface area contributed by atoms with Gasteiger partial charge in [-0.05, 0) is 23.6 Å². The number of nitrogens with one attached hydrogen (secondary N) is 1. The van der Waals surface area contributed by atoms with E-state index < -0.39 is 24.0 Å². The summed E-state index contributed by atoms with van der Waals surface area (Å²) in [6.07, 6.45) is 0.681. The van der Waals surface area contributed by atoms with Crippen molar-refractivity contribution in [3.63, 3.8) is 0 Å². The van der Waals surface area contributed by atoms with Gasteiger partial charge in [0.05, 0.1) is 6.04 Å². The molecular weight excluding hydrogens is 288 g/mol. The number of hydrogen-bond acceptors (Lipinski definition) is 5. The quantitative estimate of drug-likeness (QED) is 0.468. The van der Waals surface area contributed by atoms with E-state index in [1.807, 2.05) is 13.8 Å². The molecule has 122 valence electrons. The van der Waals surface area contributed by atoms with Gasteiger partial charge in [-0.3, -0.25) is 4.79 Å². The first-order valence-corrected chi connectivity index (χ1v) is 7.05. The molecule has 22 heavy (non-hydrogen) atoms. The summed E-state index contributed by atoms with van der Waals surface area (Å²) in [7, 11) is 0. The highest BCUT2D eigenvalue weighted by molar-refractivity contribution is 5.87. The number of carboxylic acid groups (broad SMARTS) is 1. The largest absolute Gasteiger partial charge is 0.504 e. The number of rotatable bonds is 7. The average molecular weight is 310 g/mol. The molecule has 7 nitrogen and oxygen atoms in total. The van der Waals surface area contributed by atoms with Gasteiger partial charge in [0.2, 0.25) is 5.91 Å². The van der Waals surface area contributed by atoms with Crippen molar-refractivity contribution in [3.8, 4) is 11.5 Å². The number of phenolic OH excluding ortho intramolecular Hbond substituents is 2. The van der Waals surface area contributed by atoms with Gasteiger partial charge in [-0.1, -0.05) is 26.3 Å². The Balaban J connectivity index is 2.79. The number of nitrogens with two attached hydrogens (primary N) is 1. The standard InChI is InChI=1S/C15H22N2O5/c1-3-8(2)13(16)14(20)17-10(15(21)22)6-9-4-5-11(18)12(19)7-9/h4-5,7-8,10,13,18-19H,3,6,16H2,1-2H3,(H,17,20)(H,21,22)/t8-,10-,13-/m0/s1. The molecule has 1 amide bonds. The van der Waals surface area contributed by atoms with Crippen LogP contribution in [0.5, 0.6) is 11.5 Å². The van der Waals surface area contributed by atoms with Crippen LogP contribution >= 0.6 is 0 Å². The molecule has 0 aliphatic carbocycles. The lowest BCUT2D eigenvalue weighted by Gasteiger charge is -2.21. The molecule has 0 spiro atoms. The van der Waals surface area contributed by atoms with E-state index in [4.69, 9.17) is 5.73 Å². The van der Waals surface area contributed by atoms with Crippen molar-refractivity contribution >= 4 is 11.9 Å². The fraction of sp³-hybridized carbons (Fsp3) is 0.467. The zero-order valence-electron chi connectivity index (χ0n) is 12.6. The normalized spacial score (nSPS) is 14.9. The fourth-order valence-electron chi connectivity index (χ4n) is 1.91. The van der Waals surface area contributed by atoms with Gasteiger partial charge in [0.15, 0.2) is 11.5 Å². The first-order valence-electron chi connectivity index (χ1n) is 7.05. The molecule has 0 aliphatic rings. The molecule has 1 aromatic carbocycles. The first-order chi connectivity index (χ1) is 10.3. The molecule has 1 rings (SSSR count). The van der Waals surface area contributed by atoms with E-state index in [0.29, 0.717) is 12.0 Å². The minimum absolute atomic E-state index is 0.0257. The highest BCUT2D eigenvalue weighted by Gasteiger charge is 2.26. The Hall–Kier alpha value is -2.28. The van der Waals surface area contributed by atoms with Crippen LogP contribution in [-0.4, -0.2) is 39.3 Å². The van der Waals surface area contributed by atoms with Crippen LogP contribution in [0.25, 0.3) is 0 Å². The Morgan fingerprint density at radius 1 is 1.27 bits per heavy atom. The summed E-state index contributed by atoms with van der Waals surface area (Å²) in [6.45, 7) is 3.71. The van der Waals surface area contributed by atoms with Crippen molar-refractivity contribution in [2.75, 3.05) is 0 Å². The van der Waals surface area contributed by atoms with Crippen LogP contribution in [0.1, 0.15) is 25.8 Å². The monoisotopic (exact) mass is 310 g/mol. The van der Waals surface area contributed by atoms with Gasteiger partial charge in [0, 0.05) is 6.42 Å². The number of carbonyl (C=O) groups excluding carboxylic acids is 1. The summed E-state index contributed by atoms with van der Waals surface area (Å²) in [4.78, 5) is 23.3. The van der Waals surface area contributed by atoms with E-state index in [0.717, 1.165) is 0 Å². The third-order valence-corrected chi connectivity index (χ3v) is 3.65. The van der Waals surface area contributed by atoms with Gasteiger partial charge < -0.3 is 26.4 Å². The molecule has 0 fully saturated rings. The molecule has 0 unspecified atom stereocenters. The van der Waals surface area contributed by atoms with Crippen LogP contribution in [-0.2, 0) is 16.0 Å². The molecule has 0 saturated carbocycles. The molecule has 0 heterocycles. The van der Waals surface area contributed by atoms with E-state index in [9.17, 15) is 24.9 Å². The predicted octanol–water partition coefficient (Wildman–Crippen LogP) is 0.583. The van der Waals surface area contributed by atoms with Crippen LogP contribution in [0.15, 0.2) is 18.2 Å². The number of hydrogen-bond donors (Lipinski definition) is 5. The number of carboxylic acids is 1. The third kappa shape index (κ3) is 4.63. The Labute approximate surface area is 128 Å². The number of carbonyl (C=O) groups is 2. The van der Waals surface area contributed by atoms with Crippen molar-refractivity contribution in [2.24, 2.45) is 11.7 Å². The summed E-state index contributed by atoms with van der Waals surface area (Å²) >= 11 is 0. The average Bonchev–Trinajstić information content (AvgIpc) is 2.48. The molecule has 0 saturated heterocycles. The number of benzene rings is 1. The summed E-state index contributed by atoms with van der Waals surface area (Å²) in [5, 5.41) is 30.3. The summed E-state index contributed by atoms with van der Waals surface area (Å²) in [5.41, 5.74) is 6.25. The lowest BCUT2D eigenvalue weighted by atomic mass is 9.98. The van der Waals surface area contributed by atoms with E-state index in [-0.39, 0.29) is 23.8 Å². The molecular formula is C15H22N2O5. The molecule has 7 heteroatoms. The van der Waals surface area contributed by atoms with Crippen molar-refractivity contribution in [3.05, 3.63) is 23.8 Å². The van der Waals surface area contributed by atoms with E-state index >= 15 is 0 Å². The van der Waals surface area contributed by atoms with Gasteiger partial charge in [-0.25, -0.2) is 4.79 Å². The molecule has 0 aliphatic heterocycles. The summed E-state index contributed by atoms with van der Waals surface area (Å²) < 4.78 is 0. The maximum atomic E-state index is 12.0. The van der Waals surface area contributed by atoms with Gasteiger partial charge >= 0.3 is 5.97 Å². The smallest absolute Gasteiger partial charge is 0.326 e. The minimum atomic E-state index is -1.20. The fourth-order valence-corrected chi connectivity index (χ4v) is 1.91. The Bertz CT molecular complexity index is 547. The van der Waals surface area contributed by atoms with Crippen molar-refractivity contribution in [1.29, 1.82) is 0 Å². The molecule has 3 atom stereocenters. The highest BCUT2D eigenvalue weighted by atomic mass is 16.4. The summed E-state index contributed by atoms with van der Waals surface area (Å²) in [5.74, 6) is -2.42. The Morgan fingerprint density at radius 2 is 1.91 bits per heavy atom. The van der Waals surface area contributed by atoms with Crippen molar-refractivity contribution in [2.45, 2.75) is 38.8 Å². The predicted molar refractivity (Wildman–Crippen MR) is 80.5 cm³/mol. The van der Waals surface area contributed by atoms with Gasteiger partial charge in [0.25, 0.3) is 0 Å². The van der Waals surface area contributed by atoms with Gasteiger partial charge in [-0.15, -0.1) is 0 Å². The van der Waals surface area contributed by atoms with Crippen LogP contribution in [0, 0.1) is 5.92 Å². The van der Waals surface area contributed by atoms with E-state index in [1.54, 1.807) is 0 Å². The molecule has 0 radical (unpaired) electrons. The second-order valence-electron chi connectivity index (χ2n) is 5.34. The zero-order valence-corrected chi connectivity index (χ0v) is 12.6. The highest BCUT2D eigenvalue weighted by Crippen LogP contribution is 2.25. The van der Waals surface area contributed by atoms with Gasteiger partial charge in [0.1, 0.15) is 6.04 Å². The lowest BCUT2D eigenvalue weighted by Crippen LogP contribution is -2.51. The van der Waals surface area contributed by atoms with Crippen molar-refractivity contribution < 1.29 is 24.9 Å². The Morgan fingerprint density at radius 3 is 2.41 bits per heavy atom. The topological polar surface area (TPSA) is 133 Å². The third-order valence-electron chi connectivity index (χ3n) is 3.65. The maximum Gasteiger partial charge on any atom is 0.326 e.